The van der Waals surface area contributed by atoms with Crippen molar-refractivity contribution in [3.63, 3.8) is 0 Å². The summed E-state index contributed by atoms with van der Waals surface area (Å²) < 4.78 is 0. The van der Waals surface area contributed by atoms with Crippen LogP contribution in [0.5, 0.6) is 0 Å². The van der Waals surface area contributed by atoms with Crippen LogP contribution in [-0.4, -0.2) is 17.1 Å². The topological polar surface area (TPSA) is 40.5 Å². The summed E-state index contributed by atoms with van der Waals surface area (Å²) in [5.41, 5.74) is 1.70. The van der Waals surface area contributed by atoms with E-state index in [-0.39, 0.29) is 11.9 Å². The Balaban J connectivity index is 2.51. The van der Waals surface area contributed by atoms with Gasteiger partial charge in [-0.25, -0.2) is 0 Å². The van der Waals surface area contributed by atoms with Crippen LogP contribution in [0.15, 0.2) is 24.3 Å². The number of nitrogens with zero attached hydrogens (tertiary/aromatic N) is 1. The Morgan fingerprint density at radius 2 is 2.13 bits per heavy atom. The fourth-order valence-corrected chi connectivity index (χ4v) is 2.26. The number of hydrogen-bond acceptors (Lipinski definition) is 2. The minimum atomic E-state index is -0.452. The molecule has 0 aromatic heterocycles. The normalized spacial score (nSPS) is 24.9. The zero-order chi connectivity index (χ0) is 11.0. The zero-order valence-electron chi connectivity index (χ0n) is 8.97. The number of aliphatic hydroxyl groups is 1. The third-order valence-electron chi connectivity index (χ3n) is 2.90. The molecule has 0 fully saturated rings. The van der Waals surface area contributed by atoms with Gasteiger partial charge in [0, 0.05) is 24.2 Å². The van der Waals surface area contributed by atoms with Gasteiger partial charge < -0.3 is 10.0 Å². The second kappa shape index (κ2) is 3.66. The van der Waals surface area contributed by atoms with Crippen molar-refractivity contribution in [2.45, 2.75) is 32.4 Å². The first kappa shape index (κ1) is 10.2. The summed E-state index contributed by atoms with van der Waals surface area (Å²) in [6.07, 6.45) is 0.156. The van der Waals surface area contributed by atoms with Crippen molar-refractivity contribution in [2.24, 2.45) is 0 Å². The number of anilines is 1. The van der Waals surface area contributed by atoms with E-state index >= 15 is 0 Å². The maximum Gasteiger partial charge on any atom is 0.224 e. The van der Waals surface area contributed by atoms with Crippen molar-refractivity contribution in [1.82, 2.24) is 0 Å². The quantitative estimate of drug-likeness (QED) is 0.702. The summed E-state index contributed by atoms with van der Waals surface area (Å²) in [6, 6.07) is 7.60. The maximum atomic E-state index is 11.5. The molecule has 3 heteroatoms. The van der Waals surface area contributed by atoms with Crippen LogP contribution in [0.4, 0.5) is 5.69 Å². The third-order valence-corrected chi connectivity index (χ3v) is 2.90. The summed E-state index contributed by atoms with van der Waals surface area (Å²) >= 11 is 0. The number of aliphatic hydroxyl groups excluding tert-OH is 1. The van der Waals surface area contributed by atoms with Gasteiger partial charge in [0.25, 0.3) is 0 Å². The van der Waals surface area contributed by atoms with Gasteiger partial charge in [-0.2, -0.15) is 0 Å². The maximum absolute atomic E-state index is 11.5. The van der Waals surface area contributed by atoms with Gasteiger partial charge in [0.2, 0.25) is 5.91 Å². The van der Waals surface area contributed by atoms with Crippen molar-refractivity contribution in [3.8, 4) is 0 Å². The van der Waals surface area contributed by atoms with Crippen LogP contribution in [0.3, 0.4) is 0 Å². The molecular formula is C12H15NO2. The van der Waals surface area contributed by atoms with Crippen molar-refractivity contribution >= 4 is 11.6 Å². The molecule has 1 amide bonds. The molecule has 0 bridgehead atoms. The van der Waals surface area contributed by atoms with Crippen LogP contribution in [0, 0.1) is 0 Å². The predicted octanol–water partition coefficient (Wildman–Crippen LogP) is 1.87. The molecule has 1 aliphatic rings. The van der Waals surface area contributed by atoms with Crippen LogP contribution in [-0.2, 0) is 4.79 Å². The van der Waals surface area contributed by atoms with Crippen molar-refractivity contribution in [3.05, 3.63) is 29.8 Å². The number of benzene rings is 1. The van der Waals surface area contributed by atoms with Gasteiger partial charge in [0.1, 0.15) is 0 Å². The Morgan fingerprint density at radius 3 is 2.80 bits per heavy atom. The van der Waals surface area contributed by atoms with Crippen LogP contribution in [0.25, 0.3) is 0 Å². The molecule has 0 radical (unpaired) electrons. The Kier molecular flexibility index (Phi) is 2.49. The van der Waals surface area contributed by atoms with E-state index in [2.05, 4.69) is 0 Å². The summed E-state index contributed by atoms with van der Waals surface area (Å²) in [5, 5.41) is 9.89. The summed E-state index contributed by atoms with van der Waals surface area (Å²) in [7, 11) is 0. The smallest absolute Gasteiger partial charge is 0.224 e. The second-order valence-electron chi connectivity index (χ2n) is 4.05. The first-order chi connectivity index (χ1) is 7.11. The Hall–Kier alpha value is -1.35. The molecule has 2 atom stereocenters. The molecule has 1 aromatic rings. The molecule has 0 unspecified atom stereocenters. The monoisotopic (exact) mass is 205 g/mol. The number of hydrogen-bond donors (Lipinski definition) is 1. The summed E-state index contributed by atoms with van der Waals surface area (Å²) in [4.78, 5) is 13.3. The molecule has 0 saturated carbocycles. The Morgan fingerprint density at radius 1 is 1.47 bits per heavy atom. The number of fused-ring (bicyclic) bond motifs is 1. The molecule has 1 aromatic carbocycles. The molecule has 3 nitrogen and oxygen atoms in total. The third kappa shape index (κ3) is 1.63. The molecule has 1 aliphatic heterocycles. The average molecular weight is 205 g/mol. The Bertz CT molecular complexity index is 389. The van der Waals surface area contributed by atoms with Crippen LogP contribution >= 0.6 is 0 Å². The summed E-state index contributed by atoms with van der Waals surface area (Å²) in [6.45, 7) is 3.52. The molecular weight excluding hydrogens is 190 g/mol. The molecule has 1 N–H and O–H groups in total. The molecule has 0 spiro atoms. The van der Waals surface area contributed by atoms with Gasteiger partial charge in [0.15, 0.2) is 0 Å². The minimum Gasteiger partial charge on any atom is -0.388 e. The molecule has 0 aliphatic carbocycles. The molecule has 80 valence electrons. The van der Waals surface area contributed by atoms with Gasteiger partial charge in [0.05, 0.1) is 6.10 Å². The van der Waals surface area contributed by atoms with Gasteiger partial charge in [-0.15, -0.1) is 0 Å². The number of para-hydroxylation sites is 1. The van der Waals surface area contributed by atoms with Crippen LogP contribution < -0.4 is 4.90 Å². The highest BCUT2D eigenvalue weighted by Crippen LogP contribution is 2.36. The van der Waals surface area contributed by atoms with E-state index in [0.29, 0.717) is 6.42 Å². The SMILES string of the molecule is CC(=O)N1c2ccccc2[C@@H](O)C[C@H]1C. The molecule has 1 heterocycles. The highest BCUT2D eigenvalue weighted by atomic mass is 16.3. The molecule has 15 heavy (non-hydrogen) atoms. The van der Waals surface area contributed by atoms with E-state index in [9.17, 15) is 9.90 Å². The Labute approximate surface area is 89.3 Å². The average Bonchev–Trinajstić information content (AvgIpc) is 2.17. The lowest BCUT2D eigenvalue weighted by atomic mass is 9.94. The number of carbonyl (C=O) groups is 1. The zero-order valence-corrected chi connectivity index (χ0v) is 8.97. The first-order valence-corrected chi connectivity index (χ1v) is 5.18. The first-order valence-electron chi connectivity index (χ1n) is 5.18. The molecule has 0 saturated heterocycles. The van der Waals surface area contributed by atoms with Gasteiger partial charge in [-0.1, -0.05) is 18.2 Å². The standard InChI is InChI=1S/C12H15NO2/c1-8-7-12(15)10-5-3-4-6-11(10)13(8)9(2)14/h3-6,8,12,15H,7H2,1-2H3/t8-,12+/m1/s1. The molecule has 2 rings (SSSR count). The van der Waals surface area contributed by atoms with E-state index in [4.69, 9.17) is 0 Å². The highest BCUT2D eigenvalue weighted by molar-refractivity contribution is 5.93. The van der Waals surface area contributed by atoms with Gasteiger partial charge >= 0.3 is 0 Å². The van der Waals surface area contributed by atoms with E-state index in [1.165, 1.54) is 0 Å². The van der Waals surface area contributed by atoms with Gasteiger partial charge in [-0.3, -0.25) is 4.79 Å². The fourth-order valence-electron chi connectivity index (χ4n) is 2.26. The van der Waals surface area contributed by atoms with E-state index in [0.717, 1.165) is 11.3 Å². The lowest BCUT2D eigenvalue weighted by Gasteiger charge is -2.36. The predicted molar refractivity (Wildman–Crippen MR) is 58.6 cm³/mol. The van der Waals surface area contributed by atoms with E-state index < -0.39 is 6.10 Å². The second-order valence-corrected chi connectivity index (χ2v) is 4.05. The number of rotatable bonds is 0. The number of amides is 1. The van der Waals surface area contributed by atoms with E-state index in [1.54, 1.807) is 11.8 Å². The van der Waals surface area contributed by atoms with Crippen LogP contribution in [0.1, 0.15) is 31.9 Å². The van der Waals surface area contributed by atoms with Crippen molar-refractivity contribution in [1.29, 1.82) is 0 Å². The van der Waals surface area contributed by atoms with Crippen molar-refractivity contribution in [2.75, 3.05) is 4.90 Å². The lowest BCUT2D eigenvalue weighted by Crippen LogP contribution is -2.41. The van der Waals surface area contributed by atoms with Crippen molar-refractivity contribution < 1.29 is 9.90 Å². The highest BCUT2D eigenvalue weighted by Gasteiger charge is 2.30. The largest absolute Gasteiger partial charge is 0.388 e. The minimum absolute atomic E-state index is 0.0295. The summed E-state index contributed by atoms with van der Waals surface area (Å²) in [5.74, 6) is 0.0295. The number of carbonyl (C=O) groups excluding carboxylic acids is 1. The van der Waals surface area contributed by atoms with Gasteiger partial charge in [-0.05, 0) is 19.4 Å². The van der Waals surface area contributed by atoms with E-state index in [1.807, 2.05) is 31.2 Å². The fraction of sp³-hybridized carbons (Fsp3) is 0.417. The van der Waals surface area contributed by atoms with Crippen LogP contribution in [0.2, 0.25) is 0 Å². The lowest BCUT2D eigenvalue weighted by molar-refractivity contribution is -0.117.